The molecule has 3 nitrogen and oxygen atoms in total. The van der Waals surface area contributed by atoms with Crippen molar-refractivity contribution in [3.63, 3.8) is 0 Å². The predicted molar refractivity (Wildman–Crippen MR) is 31.2 cm³/mol. The molecule has 42 valence electrons. The fraction of sp³-hybridized carbons (Fsp3) is 1.00. The Hall–Kier alpha value is -0.166. The van der Waals surface area contributed by atoms with Crippen LogP contribution in [0.5, 0.6) is 0 Å². The zero-order valence-corrected chi connectivity index (χ0v) is 7.76. The molecule has 0 aromatic heterocycles. The van der Waals surface area contributed by atoms with Gasteiger partial charge in [0.2, 0.25) is 0 Å². The van der Waals surface area contributed by atoms with E-state index in [1.165, 1.54) is 0 Å². The van der Waals surface area contributed by atoms with Crippen LogP contribution in [0, 0.1) is 0 Å². The third kappa shape index (κ3) is 2.52. The predicted octanol–water partition coefficient (Wildman–Crippen LogP) is -1.74. The van der Waals surface area contributed by atoms with Gasteiger partial charge in [-0.15, -0.1) is 0 Å². The second-order valence-corrected chi connectivity index (χ2v) is 4.42. The standard InChI is InChI=1S/C2H9NO2Si2/c1-3(2)7(4)5-6/h1-2,6H3. The number of hydrogen-bond donors (Lipinski definition) is 0. The largest absolute Gasteiger partial charge is 0.622 e. The smallest absolute Gasteiger partial charge is 0.572 e. The first-order valence-corrected chi connectivity index (χ1v) is 4.01. The monoisotopic (exact) mass is 135 g/mol. The third-order valence-corrected chi connectivity index (χ3v) is 2.67. The summed E-state index contributed by atoms with van der Waals surface area (Å²) in [6.07, 6.45) is 0. The summed E-state index contributed by atoms with van der Waals surface area (Å²) in [6, 6.07) is 0. The Morgan fingerprint density at radius 3 is 2.14 bits per heavy atom. The highest BCUT2D eigenvalue weighted by Crippen LogP contribution is 1.70. The van der Waals surface area contributed by atoms with Crippen LogP contribution in [0.1, 0.15) is 0 Å². The normalized spacial score (nSPS) is 8.29. The first-order valence-electron chi connectivity index (χ1n) is 1.93. The van der Waals surface area contributed by atoms with E-state index >= 15 is 0 Å². The van der Waals surface area contributed by atoms with Crippen LogP contribution in [-0.2, 0) is 8.58 Å². The summed E-state index contributed by atoms with van der Waals surface area (Å²) in [4.78, 5) is 0. The minimum Gasteiger partial charge on any atom is -0.572 e. The van der Waals surface area contributed by atoms with Crippen molar-refractivity contribution in [3.8, 4) is 0 Å². The molecule has 0 amide bonds. The van der Waals surface area contributed by atoms with Crippen molar-refractivity contribution in [2.75, 3.05) is 14.1 Å². The van der Waals surface area contributed by atoms with Crippen molar-refractivity contribution in [2.45, 2.75) is 0 Å². The van der Waals surface area contributed by atoms with Gasteiger partial charge in [0.15, 0.2) is 10.5 Å². The van der Waals surface area contributed by atoms with Crippen LogP contribution in [0.4, 0.5) is 0 Å². The van der Waals surface area contributed by atoms with Crippen LogP contribution >= 0.6 is 0 Å². The van der Waals surface area contributed by atoms with E-state index in [2.05, 4.69) is 4.12 Å². The molecule has 0 aromatic rings. The quantitative estimate of drug-likeness (QED) is 0.421. The topological polar surface area (TPSA) is 29.5 Å². The molecule has 0 unspecified atom stereocenters. The van der Waals surface area contributed by atoms with Gasteiger partial charge < -0.3 is 13.1 Å². The lowest BCUT2D eigenvalue weighted by Gasteiger charge is -2.04. The number of nitrogens with zero attached hydrogens (tertiary/aromatic N) is 1. The molecule has 0 aliphatic carbocycles. The van der Waals surface area contributed by atoms with Crippen molar-refractivity contribution in [3.05, 3.63) is 0 Å². The fourth-order valence-corrected chi connectivity index (χ4v) is 1.64. The molecule has 0 spiro atoms. The summed E-state index contributed by atoms with van der Waals surface area (Å²) < 4.78 is 16.6. The molecule has 0 bridgehead atoms. The Morgan fingerprint density at radius 2 is 2.14 bits per heavy atom. The van der Waals surface area contributed by atoms with E-state index in [9.17, 15) is 4.46 Å². The van der Waals surface area contributed by atoms with Gasteiger partial charge in [0.25, 0.3) is 0 Å². The van der Waals surface area contributed by atoms with Gasteiger partial charge >= 0.3 is 9.09 Å². The zero-order chi connectivity index (χ0) is 5.86. The van der Waals surface area contributed by atoms with Crippen LogP contribution in [-0.4, -0.2) is 38.2 Å². The highest BCUT2D eigenvalue weighted by atomic mass is 28.3. The van der Waals surface area contributed by atoms with Crippen molar-refractivity contribution in [2.24, 2.45) is 0 Å². The maximum absolute atomic E-state index is 10.4. The Bertz CT molecular complexity index is 74.1. The van der Waals surface area contributed by atoms with Gasteiger partial charge in [-0.3, -0.25) is 0 Å². The molecule has 0 radical (unpaired) electrons. The second-order valence-electron chi connectivity index (χ2n) is 1.36. The minimum absolute atomic E-state index is 0.562. The van der Waals surface area contributed by atoms with E-state index in [0.717, 1.165) is 0 Å². The van der Waals surface area contributed by atoms with Gasteiger partial charge in [-0.25, -0.2) is 0 Å². The lowest BCUT2D eigenvalue weighted by Crippen LogP contribution is -2.26. The van der Waals surface area contributed by atoms with Crippen molar-refractivity contribution in [1.29, 1.82) is 0 Å². The molecular formula is C2H9NO2Si2. The lowest BCUT2D eigenvalue weighted by molar-refractivity contribution is 0.395. The van der Waals surface area contributed by atoms with E-state index in [0.29, 0.717) is 10.5 Å². The molecule has 7 heavy (non-hydrogen) atoms. The second kappa shape index (κ2) is 2.92. The summed E-state index contributed by atoms with van der Waals surface area (Å²) in [6.45, 7) is 0. The lowest BCUT2D eigenvalue weighted by atomic mass is 11.3. The van der Waals surface area contributed by atoms with E-state index < -0.39 is 9.09 Å². The Balaban J connectivity index is 3.35. The van der Waals surface area contributed by atoms with Crippen LogP contribution in [0.2, 0.25) is 0 Å². The molecule has 0 fully saturated rings. The molecule has 0 heterocycles. The van der Waals surface area contributed by atoms with Crippen LogP contribution in [0.25, 0.3) is 0 Å². The highest BCUT2D eigenvalue weighted by Gasteiger charge is 2.04. The van der Waals surface area contributed by atoms with Gasteiger partial charge in [-0.1, -0.05) is 0 Å². The van der Waals surface area contributed by atoms with Gasteiger partial charge in [0.05, 0.1) is 0 Å². The Kier molecular flexibility index (Phi) is 2.85. The molecule has 0 saturated carbocycles. The summed E-state index contributed by atoms with van der Waals surface area (Å²) >= 11 is 0. The average Bonchev–Trinajstić information content (AvgIpc) is 1.65. The van der Waals surface area contributed by atoms with Crippen LogP contribution in [0.15, 0.2) is 0 Å². The van der Waals surface area contributed by atoms with E-state index in [4.69, 9.17) is 0 Å². The van der Waals surface area contributed by atoms with Gasteiger partial charge in [0.1, 0.15) is 0 Å². The van der Waals surface area contributed by atoms with Crippen molar-refractivity contribution < 1.29 is 8.58 Å². The Labute approximate surface area is 47.7 Å². The molecule has 0 N–H and O–H groups in total. The van der Waals surface area contributed by atoms with E-state index in [1.54, 1.807) is 18.7 Å². The highest BCUT2D eigenvalue weighted by molar-refractivity contribution is 6.37. The average molecular weight is 135 g/mol. The van der Waals surface area contributed by atoms with Gasteiger partial charge in [0, 0.05) is 14.1 Å². The summed E-state index contributed by atoms with van der Waals surface area (Å²) in [5.74, 6) is 0. The minimum atomic E-state index is -1.80. The summed E-state index contributed by atoms with van der Waals surface area (Å²) in [5, 5.41) is 0. The molecule has 0 saturated heterocycles. The maximum atomic E-state index is 10.4. The maximum Gasteiger partial charge on any atom is 0.622 e. The van der Waals surface area contributed by atoms with Gasteiger partial charge in [-0.2, -0.15) is 0 Å². The first-order chi connectivity index (χ1) is 3.18. The molecule has 0 atom stereocenters. The van der Waals surface area contributed by atoms with E-state index in [1.807, 2.05) is 0 Å². The van der Waals surface area contributed by atoms with Gasteiger partial charge in [-0.05, 0) is 0 Å². The first kappa shape index (κ1) is 6.83. The molecular weight excluding hydrogens is 126 g/mol. The number of rotatable bonds is 2. The molecule has 5 heteroatoms. The van der Waals surface area contributed by atoms with E-state index in [-0.39, 0.29) is 0 Å². The fourth-order valence-electron chi connectivity index (χ4n) is 0.183. The molecule has 0 rings (SSSR count). The SMILES string of the molecule is CN(C)[Si](=O)O[SiH3]. The zero-order valence-electron chi connectivity index (χ0n) is 4.76. The molecule has 0 aromatic carbocycles. The van der Waals surface area contributed by atoms with Crippen LogP contribution < -0.4 is 0 Å². The number of hydrogen-bond acceptors (Lipinski definition) is 2. The summed E-state index contributed by atoms with van der Waals surface area (Å²) in [5.41, 5.74) is 0. The molecule has 0 aliphatic rings. The van der Waals surface area contributed by atoms with Crippen molar-refractivity contribution in [1.82, 2.24) is 4.57 Å². The van der Waals surface area contributed by atoms with Crippen LogP contribution in [0.3, 0.4) is 0 Å². The van der Waals surface area contributed by atoms with Crippen molar-refractivity contribution >= 4 is 19.6 Å². The third-order valence-electron chi connectivity index (χ3n) is 0.540. The molecule has 0 aliphatic heterocycles. The summed E-state index contributed by atoms with van der Waals surface area (Å²) in [7, 11) is 2.23. The Morgan fingerprint density at radius 1 is 1.71 bits per heavy atom.